The molecule has 3 rings (SSSR count). The van der Waals surface area contributed by atoms with Gasteiger partial charge in [-0.3, -0.25) is 9.78 Å². The highest BCUT2D eigenvalue weighted by Gasteiger charge is 2.58. The Labute approximate surface area is 157 Å². The van der Waals surface area contributed by atoms with Crippen molar-refractivity contribution in [3.63, 3.8) is 0 Å². The Balaban J connectivity index is 2.14. The second kappa shape index (κ2) is 7.19. The maximum Gasteiger partial charge on any atom is 0.411 e. The normalized spacial score (nSPS) is 13.5. The number of alkyl halides is 3. The monoisotopic (exact) mass is 383 g/mol. The number of pyridine rings is 1. The van der Waals surface area contributed by atoms with Gasteiger partial charge in [0.25, 0.3) is 0 Å². The summed E-state index contributed by atoms with van der Waals surface area (Å²) in [4.78, 5) is 27.1. The van der Waals surface area contributed by atoms with Gasteiger partial charge < -0.3 is 0 Å². The number of carbonyl (C=O) groups excluding carboxylic acids is 1. The second-order valence-electron chi connectivity index (χ2n) is 6.13. The Hall–Kier alpha value is -3.60. The predicted molar refractivity (Wildman–Crippen MR) is 95.9 cm³/mol. The first-order valence-electron chi connectivity index (χ1n) is 8.11. The number of nitrogens with zero attached hydrogens (tertiary/aromatic N) is 3. The third-order valence-corrected chi connectivity index (χ3v) is 4.50. The zero-order valence-electron chi connectivity index (χ0n) is 14.3. The smallest absolute Gasteiger partial charge is 0.294 e. The van der Waals surface area contributed by atoms with Crippen LogP contribution in [0.3, 0.4) is 0 Å². The zero-order chi connectivity index (χ0) is 20.4. The van der Waals surface area contributed by atoms with E-state index in [9.17, 15) is 28.1 Å². The van der Waals surface area contributed by atoms with Crippen LogP contribution in [0.15, 0.2) is 66.0 Å². The molecule has 0 bridgehead atoms. The van der Waals surface area contributed by atoms with Gasteiger partial charge in [0.05, 0.1) is 11.6 Å². The molecule has 1 aromatic heterocycles. The van der Waals surface area contributed by atoms with E-state index in [1.165, 1.54) is 66.9 Å². The number of Topliss-reactive ketones (excluding diaryl/α,β-unsaturated/α-hetero) is 1. The number of rotatable bonds is 5. The molecule has 3 aromatic rings. The summed E-state index contributed by atoms with van der Waals surface area (Å²) in [5, 5.41) is 12.4. The fourth-order valence-corrected chi connectivity index (χ4v) is 3.04. The number of hydrogen-bond donors (Lipinski definition) is 0. The molecular formula is C20H12F3N3O2. The minimum absolute atomic E-state index is 0.0408. The number of nitroso groups, excluding NO2 is 1. The number of nitriles is 1. The van der Waals surface area contributed by atoms with E-state index in [2.05, 4.69) is 10.2 Å². The topological polar surface area (TPSA) is 83.2 Å². The third kappa shape index (κ3) is 3.22. The Morgan fingerprint density at radius 1 is 1.07 bits per heavy atom. The van der Waals surface area contributed by atoms with E-state index in [1.807, 2.05) is 0 Å². The van der Waals surface area contributed by atoms with Gasteiger partial charge in [0.1, 0.15) is 5.69 Å². The third-order valence-electron chi connectivity index (χ3n) is 4.50. The van der Waals surface area contributed by atoms with Crippen molar-refractivity contribution in [1.29, 1.82) is 5.26 Å². The molecule has 2 aromatic carbocycles. The largest absolute Gasteiger partial charge is 0.411 e. The van der Waals surface area contributed by atoms with Gasteiger partial charge in [-0.2, -0.15) is 18.4 Å². The maximum atomic E-state index is 14.1. The van der Waals surface area contributed by atoms with Crippen molar-refractivity contribution in [1.82, 2.24) is 4.98 Å². The van der Waals surface area contributed by atoms with Crippen molar-refractivity contribution in [3.8, 4) is 6.07 Å². The van der Waals surface area contributed by atoms with Crippen LogP contribution in [0.5, 0.6) is 0 Å². The van der Waals surface area contributed by atoms with Crippen LogP contribution >= 0.6 is 0 Å². The first-order valence-corrected chi connectivity index (χ1v) is 8.11. The second-order valence-corrected chi connectivity index (χ2v) is 6.13. The van der Waals surface area contributed by atoms with Crippen LogP contribution < -0.4 is 0 Å². The lowest BCUT2D eigenvalue weighted by Gasteiger charge is -2.30. The summed E-state index contributed by atoms with van der Waals surface area (Å²) in [6.07, 6.45) is -4.68. The Morgan fingerprint density at radius 3 is 2.39 bits per heavy atom. The highest BCUT2D eigenvalue weighted by atomic mass is 19.4. The number of benzene rings is 2. The summed E-state index contributed by atoms with van der Waals surface area (Å²) in [6.45, 7) is 0. The van der Waals surface area contributed by atoms with E-state index in [-0.39, 0.29) is 27.7 Å². The Morgan fingerprint density at radius 2 is 1.79 bits per heavy atom. The van der Waals surface area contributed by atoms with E-state index in [0.29, 0.717) is 0 Å². The summed E-state index contributed by atoms with van der Waals surface area (Å²) >= 11 is 0. The molecule has 8 heteroatoms. The molecule has 5 nitrogen and oxygen atoms in total. The summed E-state index contributed by atoms with van der Waals surface area (Å²) in [7, 11) is 0. The molecule has 0 saturated carbocycles. The van der Waals surface area contributed by atoms with Gasteiger partial charge in [-0.1, -0.05) is 18.2 Å². The van der Waals surface area contributed by atoms with Crippen molar-refractivity contribution < 1.29 is 18.0 Å². The summed E-state index contributed by atoms with van der Waals surface area (Å²) in [6, 6.07) is 13.2. The van der Waals surface area contributed by atoms with Gasteiger partial charge in [0, 0.05) is 23.6 Å². The number of fused-ring (bicyclic) bond motifs is 1. The van der Waals surface area contributed by atoms with Gasteiger partial charge in [-0.25, -0.2) is 0 Å². The van der Waals surface area contributed by atoms with Crippen molar-refractivity contribution in [3.05, 3.63) is 76.8 Å². The van der Waals surface area contributed by atoms with Crippen LogP contribution in [-0.4, -0.2) is 16.9 Å². The molecule has 0 aliphatic heterocycles. The highest BCUT2D eigenvalue weighted by molar-refractivity contribution is 5.98. The molecular weight excluding hydrogens is 371 g/mol. The Bertz CT molecular complexity index is 1080. The quantitative estimate of drug-likeness (QED) is 0.446. The lowest BCUT2D eigenvalue weighted by molar-refractivity contribution is -0.172. The highest BCUT2D eigenvalue weighted by Crippen LogP contribution is 2.46. The minimum Gasteiger partial charge on any atom is -0.294 e. The van der Waals surface area contributed by atoms with Gasteiger partial charge in [-0.05, 0) is 47.1 Å². The molecule has 140 valence electrons. The van der Waals surface area contributed by atoms with Crippen LogP contribution in [0.2, 0.25) is 0 Å². The molecule has 1 unspecified atom stereocenters. The van der Waals surface area contributed by atoms with Crippen molar-refractivity contribution in [2.75, 3.05) is 0 Å². The van der Waals surface area contributed by atoms with Crippen molar-refractivity contribution in [2.24, 2.45) is 5.18 Å². The molecule has 0 aliphatic rings. The Kier molecular flexibility index (Phi) is 4.92. The fraction of sp³-hybridized carbons (Fsp3) is 0.150. The molecule has 1 atom stereocenters. The van der Waals surface area contributed by atoms with Crippen LogP contribution in [0.25, 0.3) is 10.9 Å². The standard InChI is InChI=1S/C20H12F3N3O2/c21-20(22,23)19(12-24,11-18(27)13-6-8-14(26-28)9-7-13)16-4-1-5-17-15(16)3-2-10-25-17/h1-10H,11H2. The van der Waals surface area contributed by atoms with E-state index in [0.717, 1.165) is 0 Å². The van der Waals surface area contributed by atoms with E-state index >= 15 is 0 Å². The van der Waals surface area contributed by atoms with E-state index in [1.54, 1.807) is 0 Å². The molecule has 0 amide bonds. The number of halogens is 3. The predicted octanol–water partition coefficient (Wildman–Crippen LogP) is 5.23. The van der Waals surface area contributed by atoms with Gasteiger partial charge >= 0.3 is 6.18 Å². The first kappa shape index (κ1) is 19.2. The molecule has 1 heterocycles. The van der Waals surface area contributed by atoms with E-state index in [4.69, 9.17) is 0 Å². The summed E-state index contributed by atoms with van der Waals surface area (Å²) in [5.74, 6) is -0.878. The number of aromatic nitrogens is 1. The minimum atomic E-state index is -5.01. The molecule has 0 fully saturated rings. The molecule has 0 radical (unpaired) electrons. The first-order chi connectivity index (χ1) is 13.3. The van der Waals surface area contributed by atoms with Crippen molar-refractivity contribution in [2.45, 2.75) is 18.0 Å². The molecule has 0 spiro atoms. The summed E-state index contributed by atoms with van der Waals surface area (Å²) < 4.78 is 42.4. The lowest BCUT2D eigenvalue weighted by atomic mass is 9.74. The van der Waals surface area contributed by atoms with Crippen LogP contribution in [0, 0.1) is 16.2 Å². The van der Waals surface area contributed by atoms with Crippen LogP contribution in [-0.2, 0) is 5.41 Å². The lowest BCUT2D eigenvalue weighted by Crippen LogP contribution is -2.43. The number of hydrogen-bond acceptors (Lipinski definition) is 5. The molecule has 28 heavy (non-hydrogen) atoms. The molecule has 0 N–H and O–H groups in total. The van der Waals surface area contributed by atoms with Gasteiger partial charge in [0.15, 0.2) is 11.2 Å². The van der Waals surface area contributed by atoms with Crippen LogP contribution in [0.4, 0.5) is 18.9 Å². The SMILES string of the molecule is N#CC(CC(=O)c1ccc(N=O)cc1)(c1cccc2ncccc12)C(F)(F)F. The van der Waals surface area contributed by atoms with Gasteiger partial charge in [0.2, 0.25) is 0 Å². The van der Waals surface area contributed by atoms with Crippen LogP contribution in [0.1, 0.15) is 22.3 Å². The number of carbonyl (C=O) groups is 1. The average Bonchev–Trinajstić information content (AvgIpc) is 2.70. The average molecular weight is 383 g/mol. The molecule has 0 aliphatic carbocycles. The number of ketones is 1. The van der Waals surface area contributed by atoms with Crippen molar-refractivity contribution >= 4 is 22.4 Å². The van der Waals surface area contributed by atoms with E-state index < -0.39 is 23.8 Å². The zero-order valence-corrected chi connectivity index (χ0v) is 14.3. The maximum absolute atomic E-state index is 14.1. The fourth-order valence-electron chi connectivity index (χ4n) is 3.04. The summed E-state index contributed by atoms with van der Waals surface area (Å²) in [5.41, 5.74) is -3.09. The van der Waals surface area contributed by atoms with Gasteiger partial charge in [-0.15, -0.1) is 4.91 Å². The molecule has 0 saturated heterocycles.